The van der Waals surface area contributed by atoms with Gasteiger partial charge in [-0.25, -0.2) is 0 Å². The number of hydrogen-bond donors (Lipinski definition) is 3. The molecule has 1 aliphatic rings. The minimum absolute atomic E-state index is 0.218. The van der Waals surface area contributed by atoms with Gasteiger partial charge in [-0.05, 0) is 6.92 Å². The van der Waals surface area contributed by atoms with E-state index in [1.165, 1.54) is 0 Å². The molecule has 1 heterocycles. The molecular weight excluding hydrogens is 166 g/mol. The molecule has 0 saturated carbocycles. The highest BCUT2D eigenvalue weighted by molar-refractivity contribution is 4.60. The Balaban J connectivity index is 2.50. The molecule has 78 valence electrons. The van der Waals surface area contributed by atoms with Crippen molar-refractivity contribution in [3.05, 3.63) is 0 Å². The molecule has 1 fully saturated rings. The summed E-state index contributed by atoms with van der Waals surface area (Å²) in [5.41, 5.74) is 5.60. The maximum Gasteiger partial charge on any atom is 0.105 e. The van der Waals surface area contributed by atoms with Gasteiger partial charge in [0.05, 0.1) is 19.6 Å². The highest BCUT2D eigenvalue weighted by Crippen LogP contribution is 2.09. The zero-order chi connectivity index (χ0) is 9.73. The second-order valence-electron chi connectivity index (χ2n) is 4.08. The fourth-order valence-corrected chi connectivity index (χ4v) is 2.20. The molecule has 0 bridgehead atoms. The molecule has 1 saturated heterocycles. The fourth-order valence-electron chi connectivity index (χ4n) is 2.20. The Hall–Kier alpha value is -0.160. The number of nitrogens with two attached hydrogens (primary N) is 1. The van der Waals surface area contributed by atoms with Crippen molar-refractivity contribution in [2.24, 2.45) is 5.73 Å². The predicted octanol–water partition coefficient (Wildman–Crippen LogP) is -1.25. The van der Waals surface area contributed by atoms with Crippen molar-refractivity contribution in [3.8, 4) is 0 Å². The van der Waals surface area contributed by atoms with Crippen molar-refractivity contribution < 1.29 is 9.59 Å². The van der Waals surface area contributed by atoms with Crippen LogP contribution in [0.1, 0.15) is 6.92 Å². The Bertz CT molecular complexity index is 138. The molecule has 4 heteroatoms. The average Bonchev–Trinajstić information content (AvgIpc) is 2.04. The van der Waals surface area contributed by atoms with E-state index in [4.69, 9.17) is 5.73 Å². The zero-order valence-electron chi connectivity index (χ0n) is 8.50. The van der Waals surface area contributed by atoms with Gasteiger partial charge in [0.2, 0.25) is 0 Å². The maximum atomic E-state index is 9.42. The molecule has 0 radical (unpaired) electrons. The van der Waals surface area contributed by atoms with E-state index in [9.17, 15) is 5.11 Å². The van der Waals surface area contributed by atoms with Gasteiger partial charge in [0.1, 0.15) is 12.6 Å². The van der Waals surface area contributed by atoms with E-state index >= 15 is 0 Å². The van der Waals surface area contributed by atoms with E-state index in [2.05, 4.69) is 5.32 Å². The van der Waals surface area contributed by atoms with Crippen LogP contribution in [0.25, 0.3) is 0 Å². The SMILES string of the molecule is CC(O)C[N+]1(CCN)CCNCC1. The lowest BCUT2D eigenvalue weighted by molar-refractivity contribution is -0.930. The highest BCUT2D eigenvalue weighted by atomic mass is 16.3. The van der Waals surface area contributed by atoms with Gasteiger partial charge < -0.3 is 20.6 Å². The lowest BCUT2D eigenvalue weighted by Crippen LogP contribution is -2.62. The van der Waals surface area contributed by atoms with Crippen LogP contribution >= 0.6 is 0 Å². The van der Waals surface area contributed by atoms with Gasteiger partial charge in [-0.1, -0.05) is 0 Å². The summed E-state index contributed by atoms with van der Waals surface area (Å²) >= 11 is 0. The summed E-state index contributed by atoms with van der Waals surface area (Å²) in [4.78, 5) is 0. The molecule has 1 aliphatic heterocycles. The van der Waals surface area contributed by atoms with Gasteiger partial charge in [0.25, 0.3) is 0 Å². The van der Waals surface area contributed by atoms with Crippen LogP contribution in [-0.4, -0.2) is 61.5 Å². The third-order valence-corrected chi connectivity index (χ3v) is 2.78. The van der Waals surface area contributed by atoms with Crippen molar-refractivity contribution in [1.29, 1.82) is 0 Å². The molecule has 0 aromatic heterocycles. The van der Waals surface area contributed by atoms with E-state index in [0.29, 0.717) is 6.54 Å². The second kappa shape index (κ2) is 4.91. The Labute approximate surface area is 80.3 Å². The van der Waals surface area contributed by atoms with Crippen molar-refractivity contribution in [2.45, 2.75) is 13.0 Å². The molecule has 4 N–H and O–H groups in total. The van der Waals surface area contributed by atoms with Crippen LogP contribution in [0.15, 0.2) is 0 Å². The van der Waals surface area contributed by atoms with Gasteiger partial charge in [-0.3, -0.25) is 0 Å². The fraction of sp³-hybridized carbons (Fsp3) is 1.00. The zero-order valence-corrected chi connectivity index (χ0v) is 8.50. The number of rotatable bonds is 4. The van der Waals surface area contributed by atoms with E-state index in [1.54, 1.807) is 0 Å². The third-order valence-electron chi connectivity index (χ3n) is 2.78. The van der Waals surface area contributed by atoms with Crippen LogP contribution in [0.3, 0.4) is 0 Å². The van der Waals surface area contributed by atoms with Gasteiger partial charge in [0, 0.05) is 19.6 Å². The molecule has 0 spiro atoms. The normalized spacial score (nSPS) is 24.2. The summed E-state index contributed by atoms with van der Waals surface area (Å²) in [5.74, 6) is 0. The smallest absolute Gasteiger partial charge is 0.105 e. The highest BCUT2D eigenvalue weighted by Gasteiger charge is 2.29. The van der Waals surface area contributed by atoms with Crippen molar-refractivity contribution >= 4 is 0 Å². The molecule has 0 amide bonds. The summed E-state index contributed by atoms with van der Waals surface area (Å²) in [5, 5.41) is 12.8. The lowest BCUT2D eigenvalue weighted by Gasteiger charge is -2.42. The number of nitrogens with zero attached hydrogens (tertiary/aromatic N) is 1. The number of aliphatic hydroxyl groups excluding tert-OH is 1. The van der Waals surface area contributed by atoms with E-state index in [0.717, 1.165) is 43.8 Å². The van der Waals surface area contributed by atoms with Crippen LogP contribution in [0, 0.1) is 0 Å². The summed E-state index contributed by atoms with van der Waals surface area (Å²) in [6.07, 6.45) is -0.218. The first-order chi connectivity index (χ1) is 6.18. The minimum Gasteiger partial charge on any atom is -0.388 e. The van der Waals surface area contributed by atoms with Crippen LogP contribution in [-0.2, 0) is 0 Å². The van der Waals surface area contributed by atoms with Crippen LogP contribution < -0.4 is 11.1 Å². The largest absolute Gasteiger partial charge is 0.388 e. The Morgan fingerprint density at radius 1 is 1.46 bits per heavy atom. The first-order valence-corrected chi connectivity index (χ1v) is 5.12. The van der Waals surface area contributed by atoms with E-state index in [-0.39, 0.29) is 6.10 Å². The monoisotopic (exact) mass is 188 g/mol. The molecule has 4 nitrogen and oxygen atoms in total. The lowest BCUT2D eigenvalue weighted by atomic mass is 10.2. The number of piperazine rings is 1. The van der Waals surface area contributed by atoms with Gasteiger partial charge in [0.15, 0.2) is 0 Å². The third kappa shape index (κ3) is 3.23. The summed E-state index contributed by atoms with van der Waals surface area (Å²) in [7, 11) is 0. The molecular formula is C9H22N3O+. The van der Waals surface area contributed by atoms with Crippen LogP contribution in [0.4, 0.5) is 0 Å². The molecule has 0 aromatic rings. The Kier molecular flexibility index (Phi) is 4.12. The minimum atomic E-state index is -0.218. The number of hydrogen-bond acceptors (Lipinski definition) is 3. The summed E-state index contributed by atoms with van der Waals surface area (Å²) in [6, 6.07) is 0. The first-order valence-electron chi connectivity index (χ1n) is 5.12. The molecule has 0 aliphatic carbocycles. The molecule has 1 atom stereocenters. The van der Waals surface area contributed by atoms with E-state index in [1.807, 2.05) is 6.92 Å². The quantitative estimate of drug-likeness (QED) is 0.483. The topological polar surface area (TPSA) is 58.3 Å². The van der Waals surface area contributed by atoms with E-state index < -0.39 is 0 Å². The first kappa shape index (κ1) is 10.9. The van der Waals surface area contributed by atoms with Crippen LogP contribution in [0.2, 0.25) is 0 Å². The Morgan fingerprint density at radius 2 is 2.08 bits per heavy atom. The standard InChI is InChI=1S/C9H22N3O/c1-9(13)8-12(5-2-10)6-3-11-4-7-12/h9,11,13H,2-8,10H2,1H3/q+1. The predicted molar refractivity (Wildman–Crippen MR) is 53.3 cm³/mol. The molecule has 13 heavy (non-hydrogen) atoms. The van der Waals surface area contributed by atoms with Crippen molar-refractivity contribution in [2.75, 3.05) is 45.8 Å². The maximum absolute atomic E-state index is 9.42. The van der Waals surface area contributed by atoms with Gasteiger partial charge >= 0.3 is 0 Å². The van der Waals surface area contributed by atoms with Crippen molar-refractivity contribution in [3.63, 3.8) is 0 Å². The summed E-state index contributed by atoms with van der Waals surface area (Å²) < 4.78 is 0.987. The van der Waals surface area contributed by atoms with Crippen LogP contribution in [0.5, 0.6) is 0 Å². The van der Waals surface area contributed by atoms with Crippen molar-refractivity contribution in [1.82, 2.24) is 5.32 Å². The summed E-state index contributed by atoms with van der Waals surface area (Å²) in [6.45, 7) is 8.71. The number of nitrogens with one attached hydrogen (secondary N) is 1. The molecule has 1 unspecified atom stereocenters. The van der Waals surface area contributed by atoms with Gasteiger partial charge in [-0.15, -0.1) is 0 Å². The second-order valence-corrected chi connectivity index (χ2v) is 4.08. The number of quaternary nitrogens is 1. The molecule has 0 aromatic carbocycles. The Morgan fingerprint density at radius 3 is 2.54 bits per heavy atom. The molecule has 1 rings (SSSR count). The number of aliphatic hydroxyl groups is 1. The average molecular weight is 188 g/mol. The van der Waals surface area contributed by atoms with Gasteiger partial charge in [-0.2, -0.15) is 0 Å².